The summed E-state index contributed by atoms with van der Waals surface area (Å²) < 4.78 is 13.4. The molecule has 0 aliphatic rings. The first kappa shape index (κ1) is 13.3. The van der Waals surface area contributed by atoms with Gasteiger partial charge in [0.15, 0.2) is 0 Å². The highest BCUT2D eigenvalue weighted by molar-refractivity contribution is 7.18. The molecule has 6 heteroatoms. The Bertz CT molecular complexity index is 780. The summed E-state index contributed by atoms with van der Waals surface area (Å²) in [6.07, 6.45) is 0. The second-order valence-corrected chi connectivity index (χ2v) is 6.13. The number of fused-ring (bicyclic) bond motifs is 1. The largest absolute Gasteiger partial charge is 0.339 e. The second kappa shape index (κ2) is 5.00. The van der Waals surface area contributed by atoms with Crippen LogP contribution in [-0.2, 0) is 0 Å². The van der Waals surface area contributed by atoms with Gasteiger partial charge >= 0.3 is 0 Å². The summed E-state index contributed by atoms with van der Waals surface area (Å²) in [6, 6.07) is 6.74. The fourth-order valence-corrected chi connectivity index (χ4v) is 3.15. The highest BCUT2D eigenvalue weighted by atomic mass is 35.5. The zero-order chi connectivity index (χ0) is 14.3. The van der Waals surface area contributed by atoms with Crippen molar-refractivity contribution in [2.75, 3.05) is 5.32 Å². The fourth-order valence-electron chi connectivity index (χ4n) is 2.06. The van der Waals surface area contributed by atoms with Gasteiger partial charge in [0.2, 0.25) is 5.28 Å². The monoisotopic (exact) mass is 307 g/mol. The molecule has 0 spiro atoms. The number of nitrogens with one attached hydrogen (secondary N) is 1. The van der Waals surface area contributed by atoms with E-state index in [4.69, 9.17) is 11.6 Å². The first-order chi connectivity index (χ1) is 9.51. The van der Waals surface area contributed by atoms with Crippen LogP contribution in [0.25, 0.3) is 10.2 Å². The summed E-state index contributed by atoms with van der Waals surface area (Å²) in [6.45, 7) is 3.84. The molecule has 3 aromatic rings. The minimum absolute atomic E-state index is 0.176. The lowest BCUT2D eigenvalue weighted by atomic mass is 10.2. The van der Waals surface area contributed by atoms with Crippen molar-refractivity contribution in [3.05, 3.63) is 45.8 Å². The zero-order valence-electron chi connectivity index (χ0n) is 10.9. The van der Waals surface area contributed by atoms with Gasteiger partial charge in [-0.25, -0.2) is 9.37 Å². The molecule has 0 saturated carbocycles. The number of aryl methyl sites for hydroxylation is 2. The average Bonchev–Trinajstić information content (AvgIpc) is 2.68. The maximum Gasteiger partial charge on any atom is 0.225 e. The second-order valence-electron chi connectivity index (χ2n) is 4.56. The Morgan fingerprint density at radius 1 is 1.15 bits per heavy atom. The normalized spacial score (nSPS) is 11.0. The summed E-state index contributed by atoms with van der Waals surface area (Å²) in [7, 11) is 0. The number of aromatic nitrogens is 2. The lowest BCUT2D eigenvalue weighted by Crippen LogP contribution is -1.97. The van der Waals surface area contributed by atoms with Crippen LogP contribution in [0.2, 0.25) is 5.28 Å². The molecule has 0 radical (unpaired) electrons. The Labute approximate surface area is 124 Å². The van der Waals surface area contributed by atoms with Crippen molar-refractivity contribution >= 4 is 44.7 Å². The van der Waals surface area contributed by atoms with Gasteiger partial charge in [0.05, 0.1) is 5.39 Å². The van der Waals surface area contributed by atoms with E-state index < -0.39 is 0 Å². The minimum Gasteiger partial charge on any atom is -0.339 e. The molecule has 0 amide bonds. The molecule has 0 aliphatic carbocycles. The molecule has 0 saturated heterocycles. The number of hydrogen-bond donors (Lipinski definition) is 1. The van der Waals surface area contributed by atoms with Gasteiger partial charge in [0, 0.05) is 10.6 Å². The van der Waals surface area contributed by atoms with E-state index in [1.54, 1.807) is 11.3 Å². The number of benzene rings is 1. The van der Waals surface area contributed by atoms with E-state index in [-0.39, 0.29) is 11.1 Å². The van der Waals surface area contributed by atoms with Gasteiger partial charge in [0.25, 0.3) is 0 Å². The lowest BCUT2D eigenvalue weighted by molar-refractivity contribution is 0.627. The highest BCUT2D eigenvalue weighted by Crippen LogP contribution is 2.31. The van der Waals surface area contributed by atoms with Crippen LogP contribution in [0, 0.1) is 19.7 Å². The van der Waals surface area contributed by atoms with Crippen LogP contribution in [0.15, 0.2) is 24.3 Å². The topological polar surface area (TPSA) is 37.8 Å². The van der Waals surface area contributed by atoms with E-state index >= 15 is 0 Å². The molecular formula is C14H11ClFN3S. The van der Waals surface area contributed by atoms with Crippen LogP contribution < -0.4 is 5.32 Å². The van der Waals surface area contributed by atoms with Gasteiger partial charge in [-0.15, -0.1) is 11.3 Å². The average molecular weight is 308 g/mol. The SMILES string of the molecule is Cc1cc(F)cc(Nc2nc(Cl)nc3sc(C)cc23)c1. The van der Waals surface area contributed by atoms with E-state index in [2.05, 4.69) is 15.3 Å². The Kier molecular flexibility index (Phi) is 3.31. The molecular weight excluding hydrogens is 297 g/mol. The third-order valence-electron chi connectivity index (χ3n) is 2.79. The van der Waals surface area contributed by atoms with E-state index in [1.807, 2.05) is 26.0 Å². The van der Waals surface area contributed by atoms with Crippen molar-refractivity contribution in [3.63, 3.8) is 0 Å². The Morgan fingerprint density at radius 2 is 1.95 bits per heavy atom. The van der Waals surface area contributed by atoms with Gasteiger partial charge in [-0.05, 0) is 55.3 Å². The summed E-state index contributed by atoms with van der Waals surface area (Å²) in [5, 5.41) is 4.18. The van der Waals surface area contributed by atoms with Crippen LogP contribution in [0.3, 0.4) is 0 Å². The number of anilines is 2. The number of halogens is 2. The van der Waals surface area contributed by atoms with Gasteiger partial charge in [0.1, 0.15) is 16.5 Å². The molecule has 20 heavy (non-hydrogen) atoms. The molecule has 0 atom stereocenters. The number of thiophene rings is 1. The predicted octanol–water partition coefficient (Wildman–Crippen LogP) is 4.84. The predicted molar refractivity (Wildman–Crippen MR) is 81.6 cm³/mol. The highest BCUT2D eigenvalue weighted by Gasteiger charge is 2.10. The lowest BCUT2D eigenvalue weighted by Gasteiger charge is -2.08. The number of nitrogens with zero attached hydrogens (tertiary/aromatic N) is 2. The standard InChI is InChI=1S/C14H11ClFN3S/c1-7-3-9(16)6-10(4-7)17-12-11-5-8(2)20-13(11)19-14(15)18-12/h3-6H,1-2H3,(H,17,18,19). The minimum atomic E-state index is -0.287. The van der Waals surface area contributed by atoms with Crippen molar-refractivity contribution < 1.29 is 4.39 Å². The van der Waals surface area contributed by atoms with Gasteiger partial charge < -0.3 is 5.32 Å². The first-order valence-electron chi connectivity index (χ1n) is 5.99. The molecule has 2 aromatic heterocycles. The van der Waals surface area contributed by atoms with Gasteiger partial charge in [-0.1, -0.05) is 0 Å². The molecule has 3 nitrogen and oxygen atoms in total. The van der Waals surface area contributed by atoms with Gasteiger partial charge in [-0.3, -0.25) is 0 Å². The van der Waals surface area contributed by atoms with Crippen molar-refractivity contribution in [2.45, 2.75) is 13.8 Å². The molecule has 0 aliphatic heterocycles. The van der Waals surface area contributed by atoms with Crippen LogP contribution >= 0.6 is 22.9 Å². The van der Waals surface area contributed by atoms with Crippen molar-refractivity contribution in [1.29, 1.82) is 0 Å². The Balaban J connectivity index is 2.09. The molecule has 0 fully saturated rings. The van der Waals surface area contributed by atoms with Crippen molar-refractivity contribution in [2.24, 2.45) is 0 Å². The van der Waals surface area contributed by atoms with Gasteiger partial charge in [-0.2, -0.15) is 4.98 Å². The quantitative estimate of drug-likeness (QED) is 0.688. The molecule has 0 bridgehead atoms. The summed E-state index contributed by atoms with van der Waals surface area (Å²) in [4.78, 5) is 10.3. The third kappa shape index (κ3) is 2.59. The Morgan fingerprint density at radius 3 is 2.70 bits per heavy atom. The van der Waals surface area contributed by atoms with E-state index in [1.165, 1.54) is 12.1 Å². The van der Waals surface area contributed by atoms with E-state index in [9.17, 15) is 4.39 Å². The van der Waals surface area contributed by atoms with Crippen LogP contribution in [0.5, 0.6) is 0 Å². The molecule has 3 rings (SSSR count). The summed E-state index contributed by atoms with van der Waals surface area (Å²) in [5.74, 6) is 0.305. The number of rotatable bonds is 2. The maximum absolute atomic E-state index is 13.4. The smallest absolute Gasteiger partial charge is 0.225 e. The molecule has 0 unspecified atom stereocenters. The fraction of sp³-hybridized carbons (Fsp3) is 0.143. The van der Waals surface area contributed by atoms with Crippen LogP contribution in [0.4, 0.5) is 15.9 Å². The van der Waals surface area contributed by atoms with Crippen molar-refractivity contribution in [3.8, 4) is 0 Å². The van der Waals surface area contributed by atoms with E-state index in [0.29, 0.717) is 11.5 Å². The first-order valence-corrected chi connectivity index (χ1v) is 7.18. The third-order valence-corrected chi connectivity index (χ3v) is 3.91. The molecule has 1 N–H and O–H groups in total. The maximum atomic E-state index is 13.4. The molecule has 102 valence electrons. The summed E-state index contributed by atoms with van der Waals surface area (Å²) >= 11 is 7.48. The van der Waals surface area contributed by atoms with Crippen LogP contribution in [0.1, 0.15) is 10.4 Å². The molecule has 2 heterocycles. The molecule has 1 aromatic carbocycles. The summed E-state index contributed by atoms with van der Waals surface area (Å²) in [5.41, 5.74) is 1.48. The number of hydrogen-bond acceptors (Lipinski definition) is 4. The van der Waals surface area contributed by atoms with E-state index in [0.717, 1.165) is 20.7 Å². The Hall–Kier alpha value is -1.72. The zero-order valence-corrected chi connectivity index (χ0v) is 12.4. The van der Waals surface area contributed by atoms with Crippen molar-refractivity contribution in [1.82, 2.24) is 9.97 Å². The van der Waals surface area contributed by atoms with Crippen LogP contribution in [-0.4, -0.2) is 9.97 Å².